The van der Waals surface area contributed by atoms with Crippen molar-refractivity contribution in [2.45, 2.75) is 19.1 Å². The molecule has 1 N–H and O–H groups in total. The van der Waals surface area contributed by atoms with Crippen LogP contribution in [-0.4, -0.2) is 40.2 Å². The topological polar surface area (TPSA) is 53.4 Å². The fourth-order valence-electron chi connectivity index (χ4n) is 2.79. The fraction of sp³-hybridized carbons (Fsp3) is 0.429. The summed E-state index contributed by atoms with van der Waals surface area (Å²) in [6.07, 6.45) is -1.77. The predicted molar refractivity (Wildman–Crippen MR) is 75.6 cm³/mol. The van der Waals surface area contributed by atoms with Crippen LogP contribution in [0.15, 0.2) is 24.5 Å². The first kappa shape index (κ1) is 15.2. The zero-order chi connectivity index (χ0) is 16.0. The van der Waals surface area contributed by atoms with Crippen molar-refractivity contribution < 1.29 is 23.1 Å². The highest BCUT2D eigenvalue weighted by Crippen LogP contribution is 2.46. The summed E-state index contributed by atoms with van der Waals surface area (Å²) in [5.41, 5.74) is -2.65. The summed E-state index contributed by atoms with van der Waals surface area (Å²) in [5.74, 6) is -1.79. The number of hydrogen-bond acceptors (Lipinski definition) is 4. The van der Waals surface area contributed by atoms with Gasteiger partial charge in [-0.15, -0.1) is 11.3 Å². The molecule has 0 aromatic carbocycles. The van der Waals surface area contributed by atoms with Crippen LogP contribution in [0.1, 0.15) is 11.3 Å². The Labute approximate surface area is 128 Å². The molecule has 0 amide bonds. The lowest BCUT2D eigenvalue weighted by Gasteiger charge is -2.27. The van der Waals surface area contributed by atoms with Gasteiger partial charge in [-0.2, -0.15) is 13.2 Å². The fourth-order valence-corrected chi connectivity index (χ4v) is 3.86. The zero-order valence-electron chi connectivity index (χ0n) is 11.4. The highest BCUT2D eigenvalue weighted by molar-refractivity contribution is 7.19. The normalized spacial score (nSPS) is 23.2. The van der Waals surface area contributed by atoms with Crippen molar-refractivity contribution in [3.05, 3.63) is 29.4 Å². The summed E-state index contributed by atoms with van der Waals surface area (Å²) in [7, 11) is 0. The van der Waals surface area contributed by atoms with Gasteiger partial charge in [-0.3, -0.25) is 14.7 Å². The third kappa shape index (κ3) is 2.46. The number of thiophene rings is 1. The van der Waals surface area contributed by atoms with E-state index in [2.05, 4.69) is 4.98 Å². The number of nitrogens with zero attached hydrogens (tertiary/aromatic N) is 2. The molecule has 0 bridgehead atoms. The van der Waals surface area contributed by atoms with Crippen LogP contribution in [0.25, 0.3) is 10.1 Å². The summed E-state index contributed by atoms with van der Waals surface area (Å²) < 4.78 is 40.4. The molecule has 3 heterocycles. The third-order valence-electron chi connectivity index (χ3n) is 4.05. The Bertz CT molecular complexity index is 682. The largest absolute Gasteiger partial charge is 0.481 e. The summed E-state index contributed by atoms with van der Waals surface area (Å²) in [4.78, 5) is 17.6. The molecule has 1 aliphatic heterocycles. The van der Waals surface area contributed by atoms with Crippen LogP contribution in [0.4, 0.5) is 13.2 Å². The highest BCUT2D eigenvalue weighted by atomic mass is 32.1. The Kier molecular flexibility index (Phi) is 3.60. The Morgan fingerprint density at radius 1 is 1.50 bits per heavy atom. The lowest BCUT2D eigenvalue weighted by atomic mass is 9.86. The van der Waals surface area contributed by atoms with Gasteiger partial charge in [-0.1, -0.05) is 0 Å². The molecule has 3 rings (SSSR count). The molecule has 0 aliphatic carbocycles. The van der Waals surface area contributed by atoms with Gasteiger partial charge in [0.25, 0.3) is 0 Å². The highest BCUT2D eigenvalue weighted by Gasteiger charge is 2.63. The van der Waals surface area contributed by atoms with Crippen LogP contribution >= 0.6 is 11.3 Å². The first-order valence-corrected chi connectivity index (χ1v) is 7.48. The second-order valence-electron chi connectivity index (χ2n) is 5.47. The van der Waals surface area contributed by atoms with Crippen molar-refractivity contribution in [2.75, 3.05) is 13.1 Å². The molecule has 0 spiro atoms. The number of rotatable bonds is 3. The number of halogens is 3. The van der Waals surface area contributed by atoms with Crippen LogP contribution in [0, 0.1) is 5.41 Å². The number of likely N-dealkylation sites (tertiary alicyclic amines) is 1. The van der Waals surface area contributed by atoms with E-state index < -0.39 is 30.5 Å². The van der Waals surface area contributed by atoms with Crippen molar-refractivity contribution in [1.29, 1.82) is 0 Å². The van der Waals surface area contributed by atoms with E-state index in [0.29, 0.717) is 6.54 Å². The smallest absolute Gasteiger partial charge is 0.406 e. The van der Waals surface area contributed by atoms with Crippen LogP contribution in [0.3, 0.4) is 0 Å². The van der Waals surface area contributed by atoms with E-state index in [1.54, 1.807) is 17.3 Å². The molecular weight excluding hydrogens is 317 g/mol. The van der Waals surface area contributed by atoms with Gasteiger partial charge in [-0.25, -0.2) is 0 Å². The molecule has 0 radical (unpaired) electrons. The number of aromatic nitrogens is 1. The number of aliphatic carboxylic acids is 1. The van der Waals surface area contributed by atoms with Gasteiger partial charge in [-0.05, 0) is 23.9 Å². The molecule has 1 saturated heterocycles. The second-order valence-corrected chi connectivity index (χ2v) is 6.64. The molecule has 1 atom stereocenters. The molecule has 1 unspecified atom stereocenters. The standard InChI is InChI=1S/C14H13F3N2O2S/c15-14(16,17)13(12(20)21)2-4-19(8-13)7-10-5-9-1-3-18-6-11(9)22-10/h1,3,5-6H,2,4,7-8H2,(H,20,21). The lowest BCUT2D eigenvalue weighted by Crippen LogP contribution is -2.47. The maximum Gasteiger partial charge on any atom is 0.406 e. The number of alkyl halides is 3. The molecule has 1 fully saturated rings. The van der Waals surface area contributed by atoms with Crippen molar-refractivity contribution in [1.82, 2.24) is 9.88 Å². The number of pyridine rings is 1. The molecule has 4 nitrogen and oxygen atoms in total. The molecule has 1 aliphatic rings. The van der Waals surface area contributed by atoms with Gasteiger partial charge in [0.2, 0.25) is 0 Å². The summed E-state index contributed by atoms with van der Waals surface area (Å²) in [6.45, 7) is -0.0545. The van der Waals surface area contributed by atoms with Crippen molar-refractivity contribution in [3.8, 4) is 0 Å². The number of hydrogen-bond donors (Lipinski definition) is 1. The van der Waals surface area contributed by atoms with Gasteiger partial charge in [0.05, 0.1) is 4.70 Å². The summed E-state index contributed by atoms with van der Waals surface area (Å²) >= 11 is 1.47. The number of fused-ring (bicyclic) bond motifs is 1. The van der Waals surface area contributed by atoms with E-state index >= 15 is 0 Å². The third-order valence-corrected chi connectivity index (χ3v) is 5.12. The molecule has 22 heavy (non-hydrogen) atoms. The number of carboxylic acid groups (broad SMARTS) is 1. The lowest BCUT2D eigenvalue weighted by molar-refractivity contribution is -0.227. The van der Waals surface area contributed by atoms with Gasteiger partial charge < -0.3 is 5.11 Å². The Balaban J connectivity index is 1.79. The SMILES string of the molecule is O=C(O)C1(C(F)(F)F)CCN(Cc2cc3ccncc3s2)C1. The zero-order valence-corrected chi connectivity index (χ0v) is 12.2. The van der Waals surface area contributed by atoms with Crippen molar-refractivity contribution in [3.63, 3.8) is 0 Å². The van der Waals surface area contributed by atoms with E-state index in [4.69, 9.17) is 5.11 Å². The number of carboxylic acids is 1. The molecular formula is C14H13F3N2O2S. The van der Waals surface area contributed by atoms with Crippen molar-refractivity contribution in [2.24, 2.45) is 5.41 Å². The van der Waals surface area contributed by atoms with E-state index in [9.17, 15) is 18.0 Å². The average molecular weight is 330 g/mol. The molecule has 0 saturated carbocycles. The Hall–Kier alpha value is -1.67. The minimum Gasteiger partial charge on any atom is -0.481 e. The summed E-state index contributed by atoms with van der Waals surface area (Å²) in [5, 5.41) is 10.0. The van der Waals surface area contributed by atoms with Crippen LogP contribution in [0.2, 0.25) is 0 Å². The van der Waals surface area contributed by atoms with Crippen LogP contribution in [0.5, 0.6) is 0 Å². The molecule has 2 aromatic rings. The molecule has 8 heteroatoms. The Morgan fingerprint density at radius 2 is 2.27 bits per heavy atom. The van der Waals surface area contributed by atoms with E-state index in [-0.39, 0.29) is 6.54 Å². The van der Waals surface area contributed by atoms with Crippen LogP contribution in [-0.2, 0) is 11.3 Å². The van der Waals surface area contributed by atoms with Crippen LogP contribution < -0.4 is 0 Å². The van der Waals surface area contributed by atoms with Gasteiger partial charge >= 0.3 is 12.1 Å². The first-order chi connectivity index (χ1) is 10.3. The van der Waals surface area contributed by atoms with Crippen molar-refractivity contribution >= 4 is 27.4 Å². The Morgan fingerprint density at radius 3 is 2.86 bits per heavy atom. The first-order valence-electron chi connectivity index (χ1n) is 6.67. The molecule has 118 valence electrons. The monoisotopic (exact) mass is 330 g/mol. The van der Waals surface area contributed by atoms with Gasteiger partial charge in [0.15, 0.2) is 5.41 Å². The van der Waals surface area contributed by atoms with E-state index in [1.807, 2.05) is 12.1 Å². The van der Waals surface area contributed by atoms with Gasteiger partial charge in [0.1, 0.15) is 0 Å². The maximum atomic E-state index is 13.1. The average Bonchev–Trinajstić information content (AvgIpc) is 3.02. The quantitative estimate of drug-likeness (QED) is 0.939. The summed E-state index contributed by atoms with van der Waals surface area (Å²) in [6, 6.07) is 3.76. The van der Waals surface area contributed by atoms with Gasteiger partial charge in [0, 0.05) is 36.9 Å². The minimum absolute atomic E-state index is 0.123. The second kappa shape index (κ2) is 5.20. The maximum absolute atomic E-state index is 13.1. The van der Waals surface area contributed by atoms with E-state index in [0.717, 1.165) is 15.0 Å². The number of carbonyl (C=O) groups is 1. The minimum atomic E-state index is -4.74. The van der Waals surface area contributed by atoms with E-state index in [1.165, 1.54) is 11.3 Å². The predicted octanol–water partition coefficient (Wildman–Crippen LogP) is 3.14. The molecule has 2 aromatic heterocycles.